The number of halogens is 1. The van der Waals surface area contributed by atoms with Crippen molar-refractivity contribution in [3.63, 3.8) is 0 Å². The number of hydrogen-bond acceptors (Lipinski definition) is 1. The van der Waals surface area contributed by atoms with E-state index in [1.54, 1.807) is 0 Å². The van der Waals surface area contributed by atoms with Crippen LogP contribution in [-0.4, -0.2) is 14.4 Å². The first kappa shape index (κ1) is 17.6. The van der Waals surface area contributed by atoms with Crippen molar-refractivity contribution < 1.29 is 4.43 Å². The second kappa shape index (κ2) is 7.95. The summed E-state index contributed by atoms with van der Waals surface area (Å²) in [5, 5.41) is 0.301. The average Bonchev–Trinajstić information content (AvgIpc) is 2.16. The van der Waals surface area contributed by atoms with Crippen LogP contribution in [0.4, 0.5) is 0 Å². The third kappa shape index (κ3) is 6.96. The van der Waals surface area contributed by atoms with E-state index in [2.05, 4.69) is 73.5 Å². The molecule has 0 amide bonds. The van der Waals surface area contributed by atoms with E-state index in [9.17, 15) is 0 Å². The molecule has 0 N–H and O–H groups in total. The fourth-order valence-corrected chi connectivity index (χ4v) is 3.20. The third-order valence-corrected chi connectivity index (χ3v) is 8.55. The van der Waals surface area contributed by atoms with Crippen LogP contribution in [0.15, 0.2) is 10.2 Å². The molecule has 0 aliphatic rings. The van der Waals surface area contributed by atoms with Crippen LogP contribution < -0.4 is 0 Å². The molecule has 0 fully saturated rings. The molecule has 0 aliphatic carbocycles. The van der Waals surface area contributed by atoms with Crippen molar-refractivity contribution in [2.75, 3.05) is 0 Å². The highest BCUT2D eigenvalue weighted by atomic mass is 127. The molecule has 0 aromatic carbocycles. The summed E-state index contributed by atoms with van der Waals surface area (Å²) >= 11 is 2.29. The fourth-order valence-electron chi connectivity index (χ4n) is 1.43. The van der Waals surface area contributed by atoms with E-state index in [1.165, 1.54) is 25.7 Å². The molecule has 0 saturated heterocycles. The molecule has 0 saturated carbocycles. The van der Waals surface area contributed by atoms with Gasteiger partial charge in [-0.15, -0.1) is 0 Å². The number of rotatable bonds is 7. The lowest BCUT2D eigenvalue weighted by Gasteiger charge is -2.38. The molecule has 0 radical (unpaired) electrons. The van der Waals surface area contributed by atoms with Crippen LogP contribution in [-0.2, 0) is 4.43 Å². The van der Waals surface area contributed by atoms with Crippen molar-refractivity contribution >= 4 is 30.9 Å². The lowest BCUT2D eigenvalue weighted by molar-refractivity contribution is 0.211. The van der Waals surface area contributed by atoms with Gasteiger partial charge in [0, 0.05) is 0 Å². The van der Waals surface area contributed by atoms with Gasteiger partial charge in [-0.25, -0.2) is 0 Å². The van der Waals surface area contributed by atoms with Crippen LogP contribution in [0.5, 0.6) is 0 Å². The van der Waals surface area contributed by atoms with E-state index in [0.717, 1.165) is 0 Å². The minimum atomic E-state index is -1.62. The van der Waals surface area contributed by atoms with Gasteiger partial charge in [-0.2, -0.15) is 0 Å². The minimum Gasteiger partial charge on any atom is -0.411 e. The quantitative estimate of drug-likeness (QED) is 0.309. The van der Waals surface area contributed by atoms with Gasteiger partial charge in [-0.1, -0.05) is 75.6 Å². The summed E-state index contributed by atoms with van der Waals surface area (Å²) in [6.45, 7) is 13.8. The van der Waals surface area contributed by atoms with Crippen LogP contribution in [0.25, 0.3) is 0 Å². The normalized spacial score (nSPS) is 15.5. The summed E-state index contributed by atoms with van der Waals surface area (Å²) in [7, 11) is -1.62. The molecule has 0 aliphatic heterocycles. The lowest BCUT2D eigenvalue weighted by Crippen LogP contribution is -2.43. The molecule has 0 aromatic heterocycles. The van der Waals surface area contributed by atoms with Crippen LogP contribution in [0.3, 0.4) is 0 Å². The molecular formula is C14H29IOSi. The Morgan fingerprint density at radius 3 is 2.24 bits per heavy atom. The smallest absolute Gasteiger partial charge is 0.192 e. The van der Waals surface area contributed by atoms with E-state index in [0.29, 0.717) is 11.1 Å². The van der Waals surface area contributed by atoms with Crippen LogP contribution >= 0.6 is 22.6 Å². The maximum absolute atomic E-state index is 6.44. The first-order valence-corrected chi connectivity index (χ1v) is 10.8. The van der Waals surface area contributed by atoms with Gasteiger partial charge in [0.2, 0.25) is 0 Å². The first-order chi connectivity index (χ1) is 7.74. The van der Waals surface area contributed by atoms with E-state index >= 15 is 0 Å². The molecule has 17 heavy (non-hydrogen) atoms. The molecule has 102 valence electrons. The Morgan fingerprint density at radius 2 is 1.82 bits per heavy atom. The van der Waals surface area contributed by atoms with Gasteiger partial charge in [-0.3, -0.25) is 0 Å². The highest BCUT2D eigenvalue weighted by molar-refractivity contribution is 14.1. The minimum absolute atomic E-state index is 0.301. The van der Waals surface area contributed by atoms with E-state index < -0.39 is 8.32 Å². The van der Waals surface area contributed by atoms with Gasteiger partial charge in [0.15, 0.2) is 8.32 Å². The van der Waals surface area contributed by atoms with Gasteiger partial charge in [0.05, 0.1) is 6.10 Å². The molecule has 0 aromatic rings. The zero-order chi connectivity index (χ0) is 13.5. The Hall–Kier alpha value is 0.647. The summed E-state index contributed by atoms with van der Waals surface area (Å²) in [6, 6.07) is 0. The molecule has 1 nitrogen and oxygen atoms in total. The predicted molar refractivity (Wildman–Crippen MR) is 89.4 cm³/mol. The maximum Gasteiger partial charge on any atom is 0.192 e. The van der Waals surface area contributed by atoms with Crippen molar-refractivity contribution in [1.82, 2.24) is 0 Å². The third-order valence-electron chi connectivity index (χ3n) is 3.63. The molecule has 0 unspecified atom stereocenters. The fraction of sp³-hybridized carbons (Fsp3) is 0.857. The zero-order valence-corrected chi connectivity index (χ0v) is 15.5. The summed E-state index contributed by atoms with van der Waals surface area (Å²) in [4.78, 5) is 0. The van der Waals surface area contributed by atoms with Crippen molar-refractivity contribution in [1.29, 1.82) is 0 Å². The number of hydrogen-bond donors (Lipinski definition) is 0. The Morgan fingerprint density at radius 1 is 1.24 bits per heavy atom. The zero-order valence-electron chi connectivity index (χ0n) is 12.3. The first-order valence-electron chi connectivity index (χ1n) is 6.69. The van der Waals surface area contributed by atoms with Gasteiger partial charge in [0.25, 0.3) is 0 Å². The highest BCUT2D eigenvalue weighted by Crippen LogP contribution is 2.38. The summed E-state index contributed by atoms with van der Waals surface area (Å²) < 4.78 is 8.54. The summed E-state index contributed by atoms with van der Waals surface area (Å²) in [6.07, 6.45) is 7.57. The Labute approximate surface area is 123 Å². The lowest BCUT2D eigenvalue weighted by atomic mass is 10.1. The molecule has 0 heterocycles. The second-order valence-electron chi connectivity index (χ2n) is 6.23. The van der Waals surface area contributed by atoms with Gasteiger partial charge < -0.3 is 4.43 Å². The van der Waals surface area contributed by atoms with E-state index in [1.807, 2.05) is 0 Å². The van der Waals surface area contributed by atoms with E-state index in [4.69, 9.17) is 4.43 Å². The van der Waals surface area contributed by atoms with Gasteiger partial charge in [0.1, 0.15) is 0 Å². The Kier molecular flexibility index (Phi) is 8.25. The Bertz CT molecular complexity index is 231. The van der Waals surface area contributed by atoms with Gasteiger partial charge in [-0.05, 0) is 28.6 Å². The van der Waals surface area contributed by atoms with Crippen molar-refractivity contribution in [2.45, 2.75) is 77.6 Å². The predicted octanol–water partition coefficient (Wildman–Crippen LogP) is 5.91. The molecular weight excluding hydrogens is 339 g/mol. The van der Waals surface area contributed by atoms with Crippen molar-refractivity contribution in [3.05, 3.63) is 10.2 Å². The second-order valence-corrected chi connectivity index (χ2v) is 11.7. The molecule has 0 bridgehead atoms. The monoisotopic (exact) mass is 368 g/mol. The SMILES string of the molecule is CCCCC[C@H](C=CI)O[Si](C)(C)C(C)(C)C. The number of unbranched alkanes of at least 4 members (excludes halogenated alkanes) is 2. The largest absolute Gasteiger partial charge is 0.411 e. The maximum atomic E-state index is 6.44. The molecule has 0 rings (SSSR count). The van der Waals surface area contributed by atoms with Gasteiger partial charge >= 0.3 is 0 Å². The van der Waals surface area contributed by atoms with Crippen LogP contribution in [0.2, 0.25) is 18.1 Å². The van der Waals surface area contributed by atoms with Crippen LogP contribution in [0.1, 0.15) is 53.4 Å². The average molecular weight is 368 g/mol. The topological polar surface area (TPSA) is 9.23 Å². The van der Waals surface area contributed by atoms with Crippen molar-refractivity contribution in [2.24, 2.45) is 0 Å². The molecule has 3 heteroatoms. The molecule has 0 spiro atoms. The van der Waals surface area contributed by atoms with Crippen molar-refractivity contribution in [3.8, 4) is 0 Å². The standard InChI is InChI=1S/C14H29IOSi/c1-7-8-9-10-13(11-12-15)16-17(5,6)14(2,3)4/h11-13H,7-10H2,1-6H3/t13-/m1/s1. The molecule has 1 atom stereocenters. The summed E-state index contributed by atoms with van der Waals surface area (Å²) in [5.41, 5.74) is 0. The van der Waals surface area contributed by atoms with E-state index in [-0.39, 0.29) is 0 Å². The highest BCUT2D eigenvalue weighted by Gasteiger charge is 2.38. The summed E-state index contributed by atoms with van der Waals surface area (Å²) in [5.74, 6) is 0. The Balaban J connectivity index is 4.43. The van der Waals surface area contributed by atoms with Crippen LogP contribution in [0, 0.1) is 0 Å².